The lowest BCUT2D eigenvalue weighted by Gasteiger charge is -2.09. The lowest BCUT2D eigenvalue weighted by molar-refractivity contribution is -0.121. The van der Waals surface area contributed by atoms with Crippen molar-refractivity contribution in [2.75, 3.05) is 0 Å². The molecule has 0 aliphatic heterocycles. The van der Waals surface area contributed by atoms with Crippen LogP contribution < -0.4 is 5.32 Å². The van der Waals surface area contributed by atoms with E-state index in [0.717, 1.165) is 41.1 Å². The number of pyridine rings is 1. The zero-order valence-electron chi connectivity index (χ0n) is 14.8. The van der Waals surface area contributed by atoms with Crippen molar-refractivity contribution in [2.24, 2.45) is 0 Å². The fraction of sp³-hybridized carbons (Fsp3) is 0.200. The fourth-order valence-corrected chi connectivity index (χ4v) is 2.99. The number of aromatic nitrogens is 5. The Morgan fingerprint density at radius 1 is 1.11 bits per heavy atom. The second kappa shape index (κ2) is 7.82. The zero-order chi connectivity index (χ0) is 18.5. The van der Waals surface area contributed by atoms with Crippen molar-refractivity contribution in [1.82, 2.24) is 30.0 Å². The Hall–Kier alpha value is -3.48. The predicted octanol–water partition coefficient (Wildman–Crippen LogP) is 2.78. The molecule has 0 saturated heterocycles. The smallest absolute Gasteiger partial charge is 0.220 e. The summed E-state index contributed by atoms with van der Waals surface area (Å²) < 4.78 is 1.70. The summed E-state index contributed by atoms with van der Waals surface area (Å²) in [5.41, 5.74) is 2.91. The Bertz CT molecular complexity index is 1000. The van der Waals surface area contributed by atoms with E-state index in [1.54, 1.807) is 17.1 Å². The molecular weight excluding hydrogens is 340 g/mol. The van der Waals surface area contributed by atoms with Crippen molar-refractivity contribution >= 4 is 16.9 Å². The molecule has 0 aliphatic carbocycles. The number of nitrogens with one attached hydrogen (secondary N) is 2. The first-order valence-electron chi connectivity index (χ1n) is 8.94. The minimum atomic E-state index is 0.0152. The van der Waals surface area contributed by atoms with Gasteiger partial charge in [0.2, 0.25) is 5.91 Å². The van der Waals surface area contributed by atoms with Crippen LogP contribution in [0.2, 0.25) is 0 Å². The maximum absolute atomic E-state index is 12.2. The van der Waals surface area contributed by atoms with Gasteiger partial charge < -0.3 is 10.3 Å². The highest BCUT2D eigenvalue weighted by molar-refractivity contribution is 5.76. The van der Waals surface area contributed by atoms with E-state index < -0.39 is 0 Å². The van der Waals surface area contributed by atoms with Crippen LogP contribution in [-0.2, 0) is 17.8 Å². The first kappa shape index (κ1) is 17.0. The second-order valence-electron chi connectivity index (χ2n) is 6.27. The summed E-state index contributed by atoms with van der Waals surface area (Å²) in [6.45, 7) is 0.423. The highest BCUT2D eigenvalue weighted by Gasteiger charge is 2.09. The third kappa shape index (κ3) is 4.03. The summed E-state index contributed by atoms with van der Waals surface area (Å²) >= 11 is 0. The van der Waals surface area contributed by atoms with Gasteiger partial charge in [-0.3, -0.25) is 4.79 Å². The molecule has 27 heavy (non-hydrogen) atoms. The summed E-state index contributed by atoms with van der Waals surface area (Å²) in [4.78, 5) is 24.4. The summed E-state index contributed by atoms with van der Waals surface area (Å²) in [7, 11) is 0. The Balaban J connectivity index is 1.29. The average molecular weight is 360 g/mol. The molecule has 4 aromatic rings. The van der Waals surface area contributed by atoms with Gasteiger partial charge in [-0.1, -0.05) is 18.2 Å². The van der Waals surface area contributed by atoms with Gasteiger partial charge >= 0.3 is 0 Å². The van der Waals surface area contributed by atoms with Crippen molar-refractivity contribution in [3.05, 3.63) is 72.4 Å². The van der Waals surface area contributed by atoms with Crippen LogP contribution in [0.3, 0.4) is 0 Å². The van der Waals surface area contributed by atoms with Crippen molar-refractivity contribution in [2.45, 2.75) is 25.8 Å². The summed E-state index contributed by atoms with van der Waals surface area (Å²) in [5, 5.41) is 7.17. The Labute approximate surface area is 156 Å². The maximum atomic E-state index is 12.2. The van der Waals surface area contributed by atoms with Gasteiger partial charge in [0.05, 0.1) is 11.0 Å². The minimum absolute atomic E-state index is 0.0152. The third-order valence-electron chi connectivity index (χ3n) is 4.32. The maximum Gasteiger partial charge on any atom is 0.220 e. The number of hydrogen-bond acceptors (Lipinski definition) is 4. The quantitative estimate of drug-likeness (QED) is 0.530. The number of aromatic amines is 1. The molecule has 7 heteroatoms. The number of H-pyrrole nitrogens is 1. The van der Waals surface area contributed by atoms with Gasteiger partial charge in [0.15, 0.2) is 5.82 Å². The number of aryl methyl sites for hydroxylation is 1. The van der Waals surface area contributed by atoms with Crippen LogP contribution in [0.1, 0.15) is 24.2 Å². The van der Waals surface area contributed by atoms with Crippen LogP contribution in [0.15, 0.2) is 61.1 Å². The largest absolute Gasteiger partial charge is 0.352 e. The molecule has 3 heterocycles. The Morgan fingerprint density at radius 3 is 2.89 bits per heavy atom. The van der Waals surface area contributed by atoms with Crippen LogP contribution in [0.5, 0.6) is 0 Å². The SMILES string of the molecule is O=C(CCCc1nc2ccccc2[nH]1)NCc1cccnc1-n1cccn1. The summed E-state index contributed by atoms with van der Waals surface area (Å²) in [6, 6.07) is 13.6. The normalized spacial score (nSPS) is 11.0. The van der Waals surface area contributed by atoms with Crippen LogP contribution in [0.25, 0.3) is 16.9 Å². The first-order valence-corrected chi connectivity index (χ1v) is 8.94. The minimum Gasteiger partial charge on any atom is -0.352 e. The summed E-state index contributed by atoms with van der Waals surface area (Å²) in [6.07, 6.45) is 7.19. The molecule has 1 amide bonds. The first-order chi connectivity index (χ1) is 13.3. The van der Waals surface area contributed by atoms with E-state index in [1.807, 2.05) is 48.7 Å². The Morgan fingerprint density at radius 2 is 2.04 bits per heavy atom. The van der Waals surface area contributed by atoms with Gasteiger partial charge in [-0.25, -0.2) is 14.6 Å². The van der Waals surface area contributed by atoms with Crippen LogP contribution in [-0.4, -0.2) is 30.6 Å². The number of amides is 1. The molecule has 0 spiro atoms. The highest BCUT2D eigenvalue weighted by atomic mass is 16.1. The van der Waals surface area contributed by atoms with Crippen molar-refractivity contribution < 1.29 is 4.79 Å². The van der Waals surface area contributed by atoms with E-state index in [4.69, 9.17) is 0 Å². The number of nitrogens with zero attached hydrogens (tertiary/aromatic N) is 4. The molecule has 0 unspecified atom stereocenters. The van der Waals surface area contributed by atoms with E-state index in [-0.39, 0.29) is 5.91 Å². The molecule has 0 saturated carbocycles. The monoisotopic (exact) mass is 360 g/mol. The van der Waals surface area contributed by atoms with Crippen molar-refractivity contribution in [3.63, 3.8) is 0 Å². The standard InChI is InChI=1S/C20H20N6O/c27-19(10-3-9-18-24-16-7-1-2-8-17(16)25-18)22-14-15-6-4-11-21-20(15)26-13-5-12-23-26/h1-2,4-8,11-13H,3,9-10,14H2,(H,22,27)(H,24,25). The van der Waals surface area contributed by atoms with Gasteiger partial charge in [-0.05, 0) is 30.7 Å². The van der Waals surface area contributed by atoms with E-state index in [1.165, 1.54) is 0 Å². The topological polar surface area (TPSA) is 88.5 Å². The van der Waals surface area contributed by atoms with Crippen LogP contribution in [0, 0.1) is 0 Å². The number of carbonyl (C=O) groups excluding carboxylic acids is 1. The highest BCUT2D eigenvalue weighted by Crippen LogP contribution is 2.12. The van der Waals surface area contributed by atoms with E-state index >= 15 is 0 Å². The van der Waals surface area contributed by atoms with E-state index in [9.17, 15) is 4.79 Å². The molecule has 1 aromatic carbocycles. The van der Waals surface area contributed by atoms with Crippen LogP contribution >= 0.6 is 0 Å². The van der Waals surface area contributed by atoms with Gasteiger partial charge in [0, 0.05) is 43.5 Å². The van der Waals surface area contributed by atoms with Crippen molar-refractivity contribution in [1.29, 1.82) is 0 Å². The van der Waals surface area contributed by atoms with Crippen LogP contribution in [0.4, 0.5) is 0 Å². The average Bonchev–Trinajstić information content (AvgIpc) is 3.36. The fourth-order valence-electron chi connectivity index (χ4n) is 2.99. The molecule has 0 radical (unpaired) electrons. The predicted molar refractivity (Wildman–Crippen MR) is 102 cm³/mol. The van der Waals surface area contributed by atoms with Gasteiger partial charge in [-0.2, -0.15) is 5.10 Å². The molecule has 0 aliphatic rings. The molecule has 0 bridgehead atoms. The van der Waals surface area contributed by atoms with E-state index in [0.29, 0.717) is 13.0 Å². The number of imidazole rings is 1. The lowest BCUT2D eigenvalue weighted by atomic mass is 10.2. The van der Waals surface area contributed by atoms with Gasteiger partial charge in [0.1, 0.15) is 5.82 Å². The Kier molecular flexibility index (Phi) is 4.91. The molecule has 3 aromatic heterocycles. The van der Waals surface area contributed by atoms with Gasteiger partial charge in [0.25, 0.3) is 0 Å². The van der Waals surface area contributed by atoms with Crippen molar-refractivity contribution in [3.8, 4) is 5.82 Å². The number of para-hydroxylation sites is 2. The number of fused-ring (bicyclic) bond motifs is 1. The second-order valence-corrected chi connectivity index (χ2v) is 6.27. The zero-order valence-corrected chi connectivity index (χ0v) is 14.8. The lowest BCUT2D eigenvalue weighted by Crippen LogP contribution is -2.23. The number of hydrogen-bond donors (Lipinski definition) is 2. The third-order valence-corrected chi connectivity index (χ3v) is 4.32. The number of carbonyl (C=O) groups is 1. The molecule has 4 rings (SSSR count). The molecule has 0 atom stereocenters. The summed E-state index contributed by atoms with van der Waals surface area (Å²) in [5.74, 6) is 1.66. The van der Waals surface area contributed by atoms with Gasteiger partial charge in [-0.15, -0.1) is 0 Å². The number of benzene rings is 1. The molecule has 7 nitrogen and oxygen atoms in total. The van der Waals surface area contributed by atoms with E-state index in [2.05, 4.69) is 25.4 Å². The molecule has 2 N–H and O–H groups in total. The number of rotatable bonds is 7. The molecule has 0 fully saturated rings. The molecule has 136 valence electrons. The molecular formula is C20H20N6O.